The van der Waals surface area contributed by atoms with Crippen molar-refractivity contribution in [1.82, 2.24) is 4.90 Å². The first-order valence-corrected chi connectivity index (χ1v) is 7.17. The van der Waals surface area contributed by atoms with Gasteiger partial charge >= 0.3 is 0 Å². The fourth-order valence-corrected chi connectivity index (χ4v) is 3.08. The molecule has 0 saturated carbocycles. The maximum Gasteiger partial charge on any atom is 0.242 e. The van der Waals surface area contributed by atoms with Crippen LogP contribution < -0.4 is 5.32 Å². The molecule has 106 valence electrons. The summed E-state index contributed by atoms with van der Waals surface area (Å²) in [6.07, 6.45) is 0.154. The minimum atomic E-state index is -0.386. The number of para-hydroxylation sites is 1. The van der Waals surface area contributed by atoms with Crippen molar-refractivity contribution < 1.29 is 9.59 Å². The van der Waals surface area contributed by atoms with Crippen molar-refractivity contribution in [3.05, 3.63) is 29.8 Å². The number of nitrogens with zero attached hydrogens (tertiary/aromatic N) is 2. The lowest BCUT2D eigenvalue weighted by molar-refractivity contribution is -0.127. The zero-order valence-electron chi connectivity index (χ0n) is 11.7. The molecule has 1 fully saturated rings. The monoisotopic (exact) mass is 291 g/mol. The van der Waals surface area contributed by atoms with E-state index < -0.39 is 0 Å². The summed E-state index contributed by atoms with van der Waals surface area (Å²) in [5, 5.41) is 3.11. The van der Waals surface area contributed by atoms with Gasteiger partial charge in [-0.25, -0.2) is 0 Å². The molecule has 5 nitrogen and oxygen atoms in total. The normalized spacial score (nSPS) is 20.6. The first-order chi connectivity index (χ1) is 9.52. The lowest BCUT2D eigenvalue weighted by Gasteiger charge is -2.10. The highest BCUT2D eigenvalue weighted by atomic mass is 32.2. The number of benzene rings is 1. The Labute approximate surface area is 122 Å². The average Bonchev–Trinajstić information content (AvgIpc) is 2.69. The fourth-order valence-electron chi connectivity index (χ4n) is 1.98. The van der Waals surface area contributed by atoms with Gasteiger partial charge in [0.1, 0.15) is 5.25 Å². The summed E-state index contributed by atoms with van der Waals surface area (Å²) in [6, 6.07) is 7.57. The van der Waals surface area contributed by atoms with E-state index in [0.29, 0.717) is 5.17 Å². The Bertz CT molecular complexity index is 571. The zero-order chi connectivity index (χ0) is 14.7. The minimum absolute atomic E-state index is 0.0736. The van der Waals surface area contributed by atoms with E-state index in [2.05, 4.69) is 10.3 Å². The van der Waals surface area contributed by atoms with Crippen molar-refractivity contribution in [3.8, 4) is 0 Å². The third kappa shape index (κ3) is 3.01. The third-order valence-corrected chi connectivity index (χ3v) is 4.44. The van der Waals surface area contributed by atoms with Crippen LogP contribution in [0.1, 0.15) is 12.0 Å². The highest BCUT2D eigenvalue weighted by molar-refractivity contribution is 8.15. The molecular formula is C14H17N3O2S. The molecule has 0 radical (unpaired) electrons. The van der Waals surface area contributed by atoms with E-state index in [1.165, 1.54) is 16.7 Å². The van der Waals surface area contributed by atoms with Gasteiger partial charge in [0.05, 0.1) is 0 Å². The van der Waals surface area contributed by atoms with Crippen molar-refractivity contribution in [3.63, 3.8) is 0 Å². The molecule has 2 rings (SSSR count). The van der Waals surface area contributed by atoms with Crippen LogP contribution >= 0.6 is 11.8 Å². The van der Waals surface area contributed by atoms with Crippen LogP contribution in [0.5, 0.6) is 0 Å². The molecule has 2 amide bonds. The Hall–Kier alpha value is -1.82. The van der Waals surface area contributed by atoms with Crippen LogP contribution in [0.2, 0.25) is 0 Å². The van der Waals surface area contributed by atoms with Gasteiger partial charge in [0.15, 0.2) is 5.17 Å². The molecule has 1 aromatic rings. The number of thioether (sulfide) groups is 1. The van der Waals surface area contributed by atoms with Gasteiger partial charge in [-0.05, 0) is 18.6 Å². The molecule has 0 spiro atoms. The van der Waals surface area contributed by atoms with Crippen molar-refractivity contribution in [2.24, 2.45) is 4.99 Å². The molecule has 0 unspecified atom stereocenters. The van der Waals surface area contributed by atoms with E-state index in [-0.39, 0.29) is 23.5 Å². The molecule has 1 atom stereocenters. The number of rotatable bonds is 3. The molecule has 20 heavy (non-hydrogen) atoms. The molecule has 0 aliphatic carbocycles. The summed E-state index contributed by atoms with van der Waals surface area (Å²) in [5.41, 5.74) is 1.78. The summed E-state index contributed by atoms with van der Waals surface area (Å²) in [6.45, 7) is 1.93. The second-order valence-corrected chi connectivity index (χ2v) is 5.75. The van der Waals surface area contributed by atoms with Gasteiger partial charge in [0.2, 0.25) is 11.8 Å². The van der Waals surface area contributed by atoms with Crippen LogP contribution in [0.15, 0.2) is 29.3 Å². The first kappa shape index (κ1) is 14.6. The lowest BCUT2D eigenvalue weighted by Crippen LogP contribution is -2.30. The predicted molar refractivity (Wildman–Crippen MR) is 81.9 cm³/mol. The molecule has 1 N–H and O–H groups in total. The maximum absolute atomic E-state index is 12.0. The largest absolute Gasteiger partial charge is 0.326 e. The van der Waals surface area contributed by atoms with Crippen LogP contribution in [-0.4, -0.2) is 41.2 Å². The van der Waals surface area contributed by atoms with Crippen LogP contribution in [-0.2, 0) is 9.59 Å². The standard InChI is InChI=1S/C14H17N3O2S/c1-9-6-4-5-7-10(9)16-12(18)8-11-13(19)17(3)14(15-2)20-11/h4-7,11H,8H2,1-3H3,(H,16,18)/t11-/m1/s1. The summed E-state index contributed by atoms with van der Waals surface area (Å²) < 4.78 is 0. The Morgan fingerprint density at radius 1 is 1.45 bits per heavy atom. The number of nitrogens with one attached hydrogen (secondary N) is 1. The number of hydrogen-bond acceptors (Lipinski definition) is 4. The first-order valence-electron chi connectivity index (χ1n) is 6.29. The van der Waals surface area contributed by atoms with E-state index in [4.69, 9.17) is 0 Å². The number of carbonyl (C=O) groups is 2. The molecule has 1 heterocycles. The van der Waals surface area contributed by atoms with Crippen LogP contribution in [0.3, 0.4) is 0 Å². The summed E-state index contributed by atoms with van der Waals surface area (Å²) in [7, 11) is 3.32. The SMILES string of the molecule is CN=C1S[C@H](CC(=O)Nc2ccccc2C)C(=O)N1C. The van der Waals surface area contributed by atoms with E-state index in [1.54, 1.807) is 14.1 Å². The molecular weight excluding hydrogens is 274 g/mol. The van der Waals surface area contributed by atoms with E-state index >= 15 is 0 Å². The number of amides is 2. The van der Waals surface area contributed by atoms with Crippen molar-refractivity contribution in [2.45, 2.75) is 18.6 Å². The van der Waals surface area contributed by atoms with Crippen molar-refractivity contribution >= 4 is 34.4 Å². The molecule has 1 aromatic carbocycles. The van der Waals surface area contributed by atoms with Crippen LogP contribution in [0, 0.1) is 6.92 Å². The quantitative estimate of drug-likeness (QED) is 0.925. The van der Waals surface area contributed by atoms with Gasteiger partial charge in [-0.2, -0.15) is 0 Å². The number of carbonyl (C=O) groups excluding carboxylic acids is 2. The maximum atomic E-state index is 12.0. The number of aryl methyl sites for hydroxylation is 1. The highest BCUT2D eigenvalue weighted by Crippen LogP contribution is 2.28. The number of aliphatic imine (C=N–C) groups is 1. The minimum Gasteiger partial charge on any atom is -0.326 e. The summed E-state index contributed by atoms with van der Waals surface area (Å²) >= 11 is 1.34. The van der Waals surface area contributed by atoms with Crippen LogP contribution in [0.25, 0.3) is 0 Å². The third-order valence-electron chi connectivity index (χ3n) is 3.12. The van der Waals surface area contributed by atoms with Crippen LogP contribution in [0.4, 0.5) is 5.69 Å². The molecule has 1 saturated heterocycles. The highest BCUT2D eigenvalue weighted by Gasteiger charge is 2.36. The fraction of sp³-hybridized carbons (Fsp3) is 0.357. The molecule has 1 aliphatic heterocycles. The number of hydrogen-bond donors (Lipinski definition) is 1. The second-order valence-electron chi connectivity index (χ2n) is 4.58. The molecule has 6 heteroatoms. The average molecular weight is 291 g/mol. The van der Waals surface area contributed by atoms with E-state index in [1.807, 2.05) is 31.2 Å². The van der Waals surface area contributed by atoms with E-state index in [9.17, 15) is 9.59 Å². The van der Waals surface area contributed by atoms with Gasteiger partial charge < -0.3 is 5.32 Å². The number of anilines is 1. The number of amidine groups is 1. The summed E-state index contributed by atoms with van der Waals surface area (Å²) in [5.74, 6) is -0.230. The smallest absolute Gasteiger partial charge is 0.242 e. The molecule has 1 aliphatic rings. The second kappa shape index (κ2) is 6.09. The topological polar surface area (TPSA) is 61.8 Å². The zero-order valence-corrected chi connectivity index (χ0v) is 12.5. The van der Waals surface area contributed by atoms with Gasteiger partial charge in [-0.1, -0.05) is 30.0 Å². The summed E-state index contributed by atoms with van der Waals surface area (Å²) in [4.78, 5) is 29.5. The van der Waals surface area contributed by atoms with Gasteiger partial charge in [0, 0.05) is 26.2 Å². The van der Waals surface area contributed by atoms with E-state index in [0.717, 1.165) is 11.3 Å². The van der Waals surface area contributed by atoms with Gasteiger partial charge in [-0.15, -0.1) is 0 Å². The molecule has 0 aromatic heterocycles. The lowest BCUT2D eigenvalue weighted by atomic mass is 10.2. The Morgan fingerprint density at radius 2 is 2.15 bits per heavy atom. The van der Waals surface area contributed by atoms with Gasteiger partial charge in [-0.3, -0.25) is 19.5 Å². The van der Waals surface area contributed by atoms with Crippen molar-refractivity contribution in [2.75, 3.05) is 19.4 Å². The molecule has 0 bridgehead atoms. The Kier molecular flexibility index (Phi) is 4.44. The predicted octanol–water partition coefficient (Wildman–Crippen LogP) is 1.88. The Morgan fingerprint density at radius 3 is 2.75 bits per heavy atom. The Balaban J connectivity index is 1.99. The van der Waals surface area contributed by atoms with Gasteiger partial charge in [0.25, 0.3) is 0 Å². The van der Waals surface area contributed by atoms with Crippen molar-refractivity contribution in [1.29, 1.82) is 0 Å².